The zero-order chi connectivity index (χ0) is 19.2. The van der Waals surface area contributed by atoms with E-state index in [2.05, 4.69) is 17.1 Å². The zero-order valence-corrected chi connectivity index (χ0v) is 16.9. The first-order valence-electron chi connectivity index (χ1n) is 10.4. The van der Waals surface area contributed by atoms with Gasteiger partial charge in [0, 0.05) is 19.5 Å². The van der Waals surface area contributed by atoms with Crippen molar-refractivity contribution < 1.29 is 19.1 Å². The summed E-state index contributed by atoms with van der Waals surface area (Å²) in [4.78, 5) is 26.2. The molecule has 1 unspecified atom stereocenters. The number of esters is 1. The predicted octanol–water partition coefficient (Wildman–Crippen LogP) is 3.88. The molecule has 0 radical (unpaired) electrons. The molecule has 1 rings (SSSR count). The Bertz CT molecular complexity index is 395. The first-order chi connectivity index (χ1) is 12.5. The molecule has 1 atom stereocenters. The highest BCUT2D eigenvalue weighted by atomic mass is 16.6. The van der Waals surface area contributed by atoms with Crippen molar-refractivity contribution in [1.82, 2.24) is 10.2 Å². The van der Waals surface area contributed by atoms with Crippen molar-refractivity contribution in [3.63, 3.8) is 0 Å². The van der Waals surface area contributed by atoms with Gasteiger partial charge in [-0.2, -0.15) is 0 Å². The van der Waals surface area contributed by atoms with Crippen LogP contribution >= 0.6 is 0 Å². The van der Waals surface area contributed by atoms with E-state index in [0.717, 1.165) is 38.9 Å². The van der Waals surface area contributed by atoms with Crippen LogP contribution in [-0.2, 0) is 14.3 Å². The Morgan fingerprint density at radius 3 is 2.42 bits per heavy atom. The lowest BCUT2D eigenvalue weighted by atomic mass is 10.1. The number of rotatable bonds is 13. The Balaban J connectivity index is 2.30. The van der Waals surface area contributed by atoms with Crippen LogP contribution in [0.15, 0.2) is 0 Å². The van der Waals surface area contributed by atoms with E-state index in [1.807, 2.05) is 13.8 Å². The second-order valence-corrected chi connectivity index (χ2v) is 7.43. The molecule has 0 aromatic carbocycles. The monoisotopic (exact) mass is 370 g/mol. The van der Waals surface area contributed by atoms with E-state index in [-0.39, 0.29) is 30.7 Å². The highest BCUT2D eigenvalue weighted by Gasteiger charge is 2.18. The molecule has 1 heterocycles. The largest absolute Gasteiger partial charge is 0.463 e. The minimum Gasteiger partial charge on any atom is -0.463 e. The van der Waals surface area contributed by atoms with E-state index in [1.54, 1.807) is 0 Å². The standard InChI is InChI=1S/C20H38N2O4/c1-4-5-6-7-10-18(11-12-19(23)25-17(2)3)26-20(24)21-13-16-22-14-8-9-15-22/h17-18H,4-16H2,1-3H3,(H,21,24). The number of hydrogen-bond acceptors (Lipinski definition) is 5. The molecule has 1 aliphatic heterocycles. The molecule has 0 spiro atoms. The second-order valence-electron chi connectivity index (χ2n) is 7.43. The summed E-state index contributed by atoms with van der Waals surface area (Å²) in [6.07, 6.45) is 7.90. The molecular weight excluding hydrogens is 332 g/mol. The maximum atomic E-state index is 12.1. The molecule has 1 aliphatic rings. The normalized spacial score (nSPS) is 15.8. The molecule has 1 saturated heterocycles. The third kappa shape index (κ3) is 11.3. The lowest BCUT2D eigenvalue weighted by molar-refractivity contribution is -0.148. The molecule has 1 N–H and O–H groups in total. The van der Waals surface area contributed by atoms with Crippen LogP contribution in [0.3, 0.4) is 0 Å². The number of likely N-dealkylation sites (tertiary alicyclic amines) is 1. The van der Waals surface area contributed by atoms with Crippen molar-refractivity contribution in [2.75, 3.05) is 26.2 Å². The number of carbonyl (C=O) groups is 2. The second kappa shape index (κ2) is 13.8. The summed E-state index contributed by atoms with van der Waals surface area (Å²) in [6.45, 7) is 9.57. The van der Waals surface area contributed by atoms with Gasteiger partial charge in [-0.3, -0.25) is 4.79 Å². The lowest BCUT2D eigenvalue weighted by Gasteiger charge is -2.19. The van der Waals surface area contributed by atoms with Gasteiger partial charge in [0.1, 0.15) is 6.10 Å². The Morgan fingerprint density at radius 2 is 1.77 bits per heavy atom. The third-order valence-electron chi connectivity index (χ3n) is 4.59. The Kier molecular flexibility index (Phi) is 12.1. The molecule has 0 bridgehead atoms. The summed E-state index contributed by atoms with van der Waals surface area (Å²) in [7, 11) is 0. The molecule has 0 aliphatic carbocycles. The molecule has 0 saturated carbocycles. The van der Waals surface area contributed by atoms with Crippen LogP contribution in [0.25, 0.3) is 0 Å². The van der Waals surface area contributed by atoms with Gasteiger partial charge >= 0.3 is 12.1 Å². The first kappa shape index (κ1) is 22.7. The Labute approximate surface area is 159 Å². The van der Waals surface area contributed by atoms with Gasteiger partial charge in [-0.05, 0) is 59.0 Å². The van der Waals surface area contributed by atoms with Crippen molar-refractivity contribution >= 4 is 12.1 Å². The summed E-state index contributed by atoms with van der Waals surface area (Å²) < 4.78 is 10.7. The van der Waals surface area contributed by atoms with Crippen LogP contribution in [0.2, 0.25) is 0 Å². The molecule has 1 fully saturated rings. The van der Waals surface area contributed by atoms with E-state index < -0.39 is 0 Å². The van der Waals surface area contributed by atoms with E-state index in [0.29, 0.717) is 13.0 Å². The number of unbranched alkanes of at least 4 members (excludes halogenated alkanes) is 3. The van der Waals surface area contributed by atoms with Gasteiger partial charge in [0.15, 0.2) is 0 Å². The highest BCUT2D eigenvalue weighted by Crippen LogP contribution is 2.14. The van der Waals surface area contributed by atoms with E-state index in [9.17, 15) is 9.59 Å². The van der Waals surface area contributed by atoms with Crippen LogP contribution in [-0.4, -0.2) is 55.3 Å². The molecule has 6 heteroatoms. The first-order valence-corrected chi connectivity index (χ1v) is 10.4. The van der Waals surface area contributed by atoms with Crippen molar-refractivity contribution in [3.8, 4) is 0 Å². The van der Waals surface area contributed by atoms with Gasteiger partial charge in [0.25, 0.3) is 0 Å². The summed E-state index contributed by atoms with van der Waals surface area (Å²) in [5.41, 5.74) is 0. The summed E-state index contributed by atoms with van der Waals surface area (Å²) in [5.74, 6) is -0.225. The molecule has 6 nitrogen and oxygen atoms in total. The summed E-state index contributed by atoms with van der Waals surface area (Å²) >= 11 is 0. The molecule has 152 valence electrons. The SMILES string of the molecule is CCCCCCC(CCC(=O)OC(C)C)OC(=O)NCCN1CCCC1. The average molecular weight is 371 g/mol. The van der Waals surface area contributed by atoms with Gasteiger partial charge in [-0.25, -0.2) is 4.79 Å². The number of ether oxygens (including phenoxy) is 2. The van der Waals surface area contributed by atoms with Gasteiger partial charge in [0.2, 0.25) is 0 Å². The van der Waals surface area contributed by atoms with Crippen molar-refractivity contribution in [3.05, 3.63) is 0 Å². The molecule has 26 heavy (non-hydrogen) atoms. The molecule has 0 aromatic rings. The number of alkyl carbamates (subject to hydrolysis) is 1. The van der Waals surface area contributed by atoms with E-state index in [4.69, 9.17) is 9.47 Å². The summed E-state index contributed by atoms with van der Waals surface area (Å²) in [5, 5.41) is 2.84. The van der Waals surface area contributed by atoms with E-state index in [1.165, 1.54) is 25.7 Å². The lowest BCUT2D eigenvalue weighted by Crippen LogP contribution is -2.35. The van der Waals surface area contributed by atoms with Crippen LogP contribution in [0.4, 0.5) is 4.79 Å². The Morgan fingerprint density at radius 1 is 1.04 bits per heavy atom. The van der Waals surface area contributed by atoms with E-state index >= 15 is 0 Å². The van der Waals surface area contributed by atoms with Gasteiger partial charge in [-0.1, -0.05) is 26.2 Å². The fourth-order valence-electron chi connectivity index (χ4n) is 3.18. The van der Waals surface area contributed by atoms with Crippen LogP contribution in [0.1, 0.15) is 78.6 Å². The van der Waals surface area contributed by atoms with Crippen molar-refractivity contribution in [1.29, 1.82) is 0 Å². The highest BCUT2D eigenvalue weighted by molar-refractivity contribution is 5.70. The minimum absolute atomic E-state index is 0.111. The van der Waals surface area contributed by atoms with Crippen LogP contribution in [0, 0.1) is 0 Å². The predicted molar refractivity (Wildman–Crippen MR) is 103 cm³/mol. The van der Waals surface area contributed by atoms with Crippen molar-refractivity contribution in [2.45, 2.75) is 90.8 Å². The zero-order valence-electron chi connectivity index (χ0n) is 16.9. The smallest absolute Gasteiger partial charge is 0.407 e. The molecule has 0 aromatic heterocycles. The topological polar surface area (TPSA) is 67.9 Å². The fraction of sp³-hybridized carbons (Fsp3) is 0.900. The summed E-state index contributed by atoms with van der Waals surface area (Å²) in [6, 6.07) is 0. The number of amides is 1. The van der Waals surface area contributed by atoms with Gasteiger partial charge < -0.3 is 19.7 Å². The van der Waals surface area contributed by atoms with Crippen LogP contribution < -0.4 is 5.32 Å². The van der Waals surface area contributed by atoms with Gasteiger partial charge in [-0.15, -0.1) is 0 Å². The third-order valence-corrected chi connectivity index (χ3v) is 4.59. The number of hydrogen-bond donors (Lipinski definition) is 1. The average Bonchev–Trinajstić information content (AvgIpc) is 3.09. The van der Waals surface area contributed by atoms with Gasteiger partial charge in [0.05, 0.1) is 6.10 Å². The fourth-order valence-corrected chi connectivity index (χ4v) is 3.18. The molecular formula is C20H38N2O4. The Hall–Kier alpha value is -1.30. The number of carbonyl (C=O) groups excluding carboxylic acids is 2. The molecule has 1 amide bonds. The maximum Gasteiger partial charge on any atom is 0.407 e. The number of nitrogens with zero attached hydrogens (tertiary/aromatic N) is 1. The maximum absolute atomic E-state index is 12.1. The van der Waals surface area contributed by atoms with Crippen molar-refractivity contribution in [2.24, 2.45) is 0 Å². The minimum atomic E-state index is -0.373. The quantitative estimate of drug-likeness (QED) is 0.394. The number of nitrogens with one attached hydrogen (secondary N) is 1. The van der Waals surface area contributed by atoms with Crippen LogP contribution in [0.5, 0.6) is 0 Å².